The van der Waals surface area contributed by atoms with Crippen LogP contribution in [0.5, 0.6) is 0 Å². The van der Waals surface area contributed by atoms with Crippen molar-refractivity contribution in [3.63, 3.8) is 0 Å². The molecule has 1 spiro atoms. The summed E-state index contributed by atoms with van der Waals surface area (Å²) in [6.07, 6.45) is 12.0. The van der Waals surface area contributed by atoms with Gasteiger partial charge in [0, 0.05) is 12.6 Å². The van der Waals surface area contributed by atoms with E-state index < -0.39 is 0 Å². The van der Waals surface area contributed by atoms with E-state index in [9.17, 15) is 0 Å². The minimum Gasteiger partial charge on any atom is -0.300 e. The summed E-state index contributed by atoms with van der Waals surface area (Å²) in [6.45, 7) is 12.6. The lowest BCUT2D eigenvalue weighted by atomic mass is 9.68. The van der Waals surface area contributed by atoms with Crippen LogP contribution in [0.1, 0.15) is 79.1 Å². The summed E-state index contributed by atoms with van der Waals surface area (Å²) in [6, 6.07) is 0.752. The van der Waals surface area contributed by atoms with Gasteiger partial charge < -0.3 is 4.90 Å². The van der Waals surface area contributed by atoms with E-state index in [2.05, 4.69) is 32.6 Å². The number of hydrogen-bond acceptors (Lipinski definition) is 1. The van der Waals surface area contributed by atoms with Gasteiger partial charge >= 0.3 is 0 Å². The Balaban J connectivity index is 1.55. The van der Waals surface area contributed by atoms with Crippen LogP contribution in [0.3, 0.4) is 0 Å². The molecule has 1 heteroatoms. The van der Waals surface area contributed by atoms with Gasteiger partial charge in [0.2, 0.25) is 0 Å². The van der Waals surface area contributed by atoms with Crippen molar-refractivity contribution in [2.24, 2.45) is 22.7 Å². The predicted octanol–water partition coefficient (Wildman–Crippen LogP) is 5.10. The van der Waals surface area contributed by atoms with Crippen LogP contribution in [0.4, 0.5) is 0 Å². The molecule has 1 nitrogen and oxygen atoms in total. The van der Waals surface area contributed by atoms with Gasteiger partial charge in [-0.15, -0.1) is 0 Å². The van der Waals surface area contributed by atoms with Crippen molar-refractivity contribution in [3.8, 4) is 0 Å². The van der Waals surface area contributed by atoms with Crippen LogP contribution in [0, 0.1) is 22.7 Å². The number of likely N-dealkylation sites (tertiary alicyclic amines) is 1. The molecule has 2 atom stereocenters. The molecular weight excluding hydrogens is 242 g/mol. The van der Waals surface area contributed by atoms with Crippen LogP contribution in [-0.4, -0.2) is 24.0 Å². The molecule has 0 aromatic carbocycles. The molecule has 0 amide bonds. The second-order valence-corrected chi connectivity index (χ2v) is 9.11. The van der Waals surface area contributed by atoms with Crippen molar-refractivity contribution in [1.82, 2.24) is 4.90 Å². The fourth-order valence-electron chi connectivity index (χ4n) is 5.28. The second-order valence-electron chi connectivity index (χ2n) is 9.11. The molecular formula is C19H35N. The average Bonchev–Trinajstić information content (AvgIpc) is 2.85. The van der Waals surface area contributed by atoms with E-state index >= 15 is 0 Å². The van der Waals surface area contributed by atoms with Crippen LogP contribution in [0.2, 0.25) is 0 Å². The highest BCUT2D eigenvalue weighted by atomic mass is 15.2. The molecule has 1 aliphatic heterocycles. The summed E-state index contributed by atoms with van der Waals surface area (Å²) in [5, 5.41) is 0. The highest BCUT2D eigenvalue weighted by molar-refractivity contribution is 5.09. The number of rotatable bonds is 4. The molecule has 3 rings (SSSR count). The minimum atomic E-state index is 0.597. The monoisotopic (exact) mass is 277 g/mol. The molecule has 1 heterocycles. The normalized spacial score (nSPS) is 36.1. The summed E-state index contributed by atoms with van der Waals surface area (Å²) in [4.78, 5) is 2.72. The zero-order chi connectivity index (χ0) is 14.4. The van der Waals surface area contributed by atoms with Crippen molar-refractivity contribution < 1.29 is 0 Å². The maximum absolute atomic E-state index is 2.72. The third-order valence-corrected chi connectivity index (χ3v) is 6.99. The Morgan fingerprint density at radius 1 is 1.15 bits per heavy atom. The Morgan fingerprint density at radius 2 is 1.85 bits per heavy atom. The molecule has 0 N–H and O–H groups in total. The van der Waals surface area contributed by atoms with Gasteiger partial charge in [-0.1, -0.05) is 33.1 Å². The lowest BCUT2D eigenvalue weighted by molar-refractivity contribution is 0.131. The summed E-state index contributed by atoms with van der Waals surface area (Å²) in [5.41, 5.74) is 1.34. The van der Waals surface area contributed by atoms with Gasteiger partial charge in [-0.3, -0.25) is 0 Å². The van der Waals surface area contributed by atoms with Gasteiger partial charge in [-0.25, -0.2) is 0 Å². The first-order valence-electron chi connectivity index (χ1n) is 9.17. The first-order valence-corrected chi connectivity index (χ1v) is 9.17. The summed E-state index contributed by atoms with van der Waals surface area (Å²) >= 11 is 0. The van der Waals surface area contributed by atoms with Crippen molar-refractivity contribution in [2.45, 2.75) is 85.1 Å². The van der Waals surface area contributed by atoms with E-state index in [1.165, 1.54) is 64.5 Å². The van der Waals surface area contributed by atoms with Gasteiger partial charge in [0.15, 0.2) is 0 Å². The van der Waals surface area contributed by atoms with Crippen LogP contribution < -0.4 is 0 Å². The number of hydrogen-bond donors (Lipinski definition) is 0. The molecule has 0 aromatic rings. The molecule has 3 fully saturated rings. The van der Waals surface area contributed by atoms with E-state index in [4.69, 9.17) is 0 Å². The van der Waals surface area contributed by atoms with Gasteiger partial charge in [-0.2, -0.15) is 0 Å². The molecule has 1 saturated heterocycles. The Bertz CT molecular complexity index is 340. The van der Waals surface area contributed by atoms with Crippen LogP contribution in [0.25, 0.3) is 0 Å². The van der Waals surface area contributed by atoms with Crippen molar-refractivity contribution in [1.29, 1.82) is 0 Å². The quantitative estimate of drug-likeness (QED) is 0.690. The third kappa shape index (κ3) is 2.80. The van der Waals surface area contributed by atoms with Gasteiger partial charge in [0.1, 0.15) is 0 Å². The van der Waals surface area contributed by atoms with Crippen LogP contribution in [-0.2, 0) is 0 Å². The highest BCUT2D eigenvalue weighted by Crippen LogP contribution is 2.63. The first-order chi connectivity index (χ1) is 9.43. The molecule has 0 aromatic heterocycles. The Kier molecular flexibility index (Phi) is 3.95. The van der Waals surface area contributed by atoms with Gasteiger partial charge in [0.05, 0.1) is 0 Å². The fraction of sp³-hybridized carbons (Fsp3) is 1.00. The molecule has 0 radical (unpaired) electrons. The number of nitrogens with zero attached hydrogens (tertiary/aromatic N) is 1. The standard InChI is InChI=1S/C19H35N/c1-15(2)20-11-10-19(14-20)13-17(19)12-18(3,4)16-8-6-5-7-9-16/h15-17H,5-14H2,1-4H3. The highest BCUT2D eigenvalue weighted by Gasteiger charge is 2.58. The average molecular weight is 277 g/mol. The summed E-state index contributed by atoms with van der Waals surface area (Å²) in [5.74, 6) is 2.06. The molecule has 20 heavy (non-hydrogen) atoms. The van der Waals surface area contributed by atoms with Crippen molar-refractivity contribution >= 4 is 0 Å². The lowest BCUT2D eigenvalue weighted by Gasteiger charge is -2.38. The minimum absolute atomic E-state index is 0.597. The van der Waals surface area contributed by atoms with E-state index in [0.29, 0.717) is 5.41 Å². The Hall–Kier alpha value is -0.0400. The molecule has 2 unspecified atom stereocenters. The smallest absolute Gasteiger partial charge is 0.00439 e. The van der Waals surface area contributed by atoms with E-state index in [0.717, 1.165) is 23.3 Å². The summed E-state index contributed by atoms with van der Waals surface area (Å²) < 4.78 is 0. The fourth-order valence-corrected chi connectivity index (χ4v) is 5.28. The first kappa shape index (κ1) is 14.9. The van der Waals surface area contributed by atoms with Gasteiger partial charge in [-0.05, 0) is 75.2 Å². The molecule has 116 valence electrons. The zero-order valence-electron chi connectivity index (χ0n) is 14.3. The van der Waals surface area contributed by atoms with Crippen molar-refractivity contribution in [2.75, 3.05) is 13.1 Å². The molecule has 3 aliphatic rings. The molecule has 2 saturated carbocycles. The van der Waals surface area contributed by atoms with E-state index in [1.54, 1.807) is 0 Å². The molecule has 0 bridgehead atoms. The zero-order valence-corrected chi connectivity index (χ0v) is 14.3. The Morgan fingerprint density at radius 3 is 2.45 bits per heavy atom. The third-order valence-electron chi connectivity index (χ3n) is 6.99. The van der Waals surface area contributed by atoms with Crippen molar-refractivity contribution in [3.05, 3.63) is 0 Å². The van der Waals surface area contributed by atoms with E-state index in [1.807, 2.05) is 0 Å². The Labute approximate surface area is 126 Å². The van der Waals surface area contributed by atoms with Crippen LogP contribution in [0.15, 0.2) is 0 Å². The van der Waals surface area contributed by atoms with E-state index in [-0.39, 0.29) is 0 Å². The maximum Gasteiger partial charge on any atom is 0.00439 e. The summed E-state index contributed by atoms with van der Waals surface area (Å²) in [7, 11) is 0. The largest absolute Gasteiger partial charge is 0.300 e. The van der Waals surface area contributed by atoms with Gasteiger partial charge in [0.25, 0.3) is 0 Å². The topological polar surface area (TPSA) is 3.24 Å². The molecule has 2 aliphatic carbocycles. The van der Waals surface area contributed by atoms with Crippen LogP contribution >= 0.6 is 0 Å². The maximum atomic E-state index is 2.72. The second kappa shape index (κ2) is 5.30. The SMILES string of the molecule is CC(C)N1CCC2(CC2CC(C)(C)C2CCCCC2)C1. The predicted molar refractivity (Wildman–Crippen MR) is 86.8 cm³/mol. The lowest BCUT2D eigenvalue weighted by Crippen LogP contribution is -2.30.